The number of amides is 2. The van der Waals surface area contributed by atoms with Gasteiger partial charge in [0.15, 0.2) is 5.76 Å². The van der Waals surface area contributed by atoms with Crippen molar-refractivity contribution in [2.45, 2.75) is 12.8 Å². The number of carbonyl (C=O) groups excluding carboxylic acids is 2. The van der Waals surface area contributed by atoms with Crippen LogP contribution in [-0.4, -0.2) is 61.0 Å². The molecule has 0 bridgehead atoms. The molecule has 2 fully saturated rings. The first-order valence-electron chi connectivity index (χ1n) is 7.42. The topological polar surface area (TPSA) is 63.0 Å². The molecule has 6 heteroatoms. The molecule has 0 spiro atoms. The van der Waals surface area contributed by atoms with Crippen molar-refractivity contribution < 1.29 is 18.7 Å². The lowest BCUT2D eigenvalue weighted by Crippen LogP contribution is -2.41. The van der Waals surface area contributed by atoms with Gasteiger partial charge >= 0.3 is 0 Å². The average molecular weight is 292 g/mol. The first-order chi connectivity index (χ1) is 10.2. The number of ether oxygens (including phenoxy) is 1. The number of hydrogen-bond acceptors (Lipinski definition) is 4. The summed E-state index contributed by atoms with van der Waals surface area (Å²) in [7, 11) is 0. The quantitative estimate of drug-likeness (QED) is 0.833. The molecule has 3 rings (SSSR count). The van der Waals surface area contributed by atoms with E-state index in [-0.39, 0.29) is 17.7 Å². The van der Waals surface area contributed by atoms with Gasteiger partial charge in [-0.05, 0) is 24.5 Å². The Bertz CT molecular complexity index is 494. The lowest BCUT2D eigenvalue weighted by atomic mass is 10.0. The van der Waals surface area contributed by atoms with E-state index in [1.807, 2.05) is 4.90 Å². The molecule has 2 amide bonds. The average Bonchev–Trinajstić information content (AvgIpc) is 3.19. The number of furan rings is 1. The summed E-state index contributed by atoms with van der Waals surface area (Å²) >= 11 is 0. The second-order valence-corrected chi connectivity index (χ2v) is 5.58. The van der Waals surface area contributed by atoms with Crippen molar-refractivity contribution in [3.05, 3.63) is 24.2 Å². The zero-order chi connectivity index (χ0) is 14.7. The van der Waals surface area contributed by atoms with Gasteiger partial charge in [-0.1, -0.05) is 0 Å². The second-order valence-electron chi connectivity index (χ2n) is 5.58. The van der Waals surface area contributed by atoms with Crippen molar-refractivity contribution in [3.8, 4) is 0 Å². The summed E-state index contributed by atoms with van der Waals surface area (Å²) in [5.74, 6) is 0.714. The van der Waals surface area contributed by atoms with E-state index in [4.69, 9.17) is 9.15 Å². The third-order valence-corrected chi connectivity index (χ3v) is 4.13. The summed E-state index contributed by atoms with van der Waals surface area (Å²) in [6.45, 7) is 3.94. The molecule has 1 atom stereocenters. The smallest absolute Gasteiger partial charge is 0.289 e. The molecule has 3 heterocycles. The van der Waals surface area contributed by atoms with E-state index in [1.54, 1.807) is 17.0 Å². The Morgan fingerprint density at radius 1 is 1.19 bits per heavy atom. The number of morpholine rings is 1. The largest absolute Gasteiger partial charge is 0.459 e. The van der Waals surface area contributed by atoms with Crippen molar-refractivity contribution in [3.63, 3.8) is 0 Å². The highest BCUT2D eigenvalue weighted by atomic mass is 16.5. The van der Waals surface area contributed by atoms with Crippen LogP contribution in [0.1, 0.15) is 23.4 Å². The molecule has 0 aromatic carbocycles. The second kappa shape index (κ2) is 6.30. The van der Waals surface area contributed by atoms with Crippen molar-refractivity contribution in [2.75, 3.05) is 39.4 Å². The lowest BCUT2D eigenvalue weighted by Gasteiger charge is -2.27. The minimum atomic E-state index is -0.0821. The molecular weight excluding hydrogens is 272 g/mol. The van der Waals surface area contributed by atoms with Gasteiger partial charge in [0.05, 0.1) is 19.5 Å². The van der Waals surface area contributed by atoms with Crippen LogP contribution in [0.25, 0.3) is 0 Å². The van der Waals surface area contributed by atoms with E-state index in [1.165, 1.54) is 6.26 Å². The predicted molar refractivity (Wildman–Crippen MR) is 74.7 cm³/mol. The molecular formula is C15H20N2O4. The third kappa shape index (κ3) is 3.26. The highest BCUT2D eigenvalue weighted by molar-refractivity contribution is 5.91. The highest BCUT2D eigenvalue weighted by Gasteiger charge is 2.30. The number of likely N-dealkylation sites (tertiary alicyclic amines) is 1. The summed E-state index contributed by atoms with van der Waals surface area (Å²) in [5, 5.41) is 0. The van der Waals surface area contributed by atoms with Gasteiger partial charge in [0.25, 0.3) is 5.91 Å². The predicted octanol–water partition coefficient (Wildman–Crippen LogP) is 0.991. The van der Waals surface area contributed by atoms with Crippen LogP contribution in [0.4, 0.5) is 0 Å². The first-order valence-corrected chi connectivity index (χ1v) is 7.42. The van der Waals surface area contributed by atoms with E-state index in [9.17, 15) is 9.59 Å². The molecule has 114 valence electrons. The van der Waals surface area contributed by atoms with Crippen molar-refractivity contribution in [1.29, 1.82) is 0 Å². The van der Waals surface area contributed by atoms with Crippen LogP contribution in [0.15, 0.2) is 22.8 Å². The molecule has 1 aromatic rings. The molecule has 21 heavy (non-hydrogen) atoms. The first kappa shape index (κ1) is 14.1. The molecule has 0 saturated carbocycles. The maximum absolute atomic E-state index is 12.2. The standard InChI is InChI=1S/C15H20N2O4/c18-14(16-5-8-20-9-6-16)10-12-3-4-17(11-12)15(19)13-2-1-7-21-13/h1-2,7,12H,3-6,8-11H2. The van der Waals surface area contributed by atoms with E-state index < -0.39 is 0 Å². The molecule has 0 aliphatic carbocycles. The van der Waals surface area contributed by atoms with Gasteiger partial charge < -0.3 is 19.0 Å². The normalized spacial score (nSPS) is 22.6. The van der Waals surface area contributed by atoms with E-state index >= 15 is 0 Å². The van der Waals surface area contributed by atoms with Gasteiger partial charge in [0.2, 0.25) is 5.91 Å². The Balaban J connectivity index is 1.50. The van der Waals surface area contributed by atoms with Crippen LogP contribution in [-0.2, 0) is 9.53 Å². The Morgan fingerprint density at radius 2 is 2.00 bits per heavy atom. The molecule has 1 aromatic heterocycles. The summed E-state index contributed by atoms with van der Waals surface area (Å²) in [6.07, 6.45) is 2.90. The summed E-state index contributed by atoms with van der Waals surface area (Å²) < 4.78 is 10.4. The van der Waals surface area contributed by atoms with Crippen LogP contribution in [0.5, 0.6) is 0 Å². The fourth-order valence-corrected chi connectivity index (χ4v) is 2.93. The summed E-state index contributed by atoms with van der Waals surface area (Å²) in [4.78, 5) is 28.0. The Labute approximate surface area is 123 Å². The van der Waals surface area contributed by atoms with Crippen molar-refractivity contribution in [1.82, 2.24) is 9.80 Å². The lowest BCUT2D eigenvalue weighted by molar-refractivity contribution is -0.136. The number of nitrogens with zero attached hydrogens (tertiary/aromatic N) is 2. The van der Waals surface area contributed by atoms with Gasteiger partial charge in [0.1, 0.15) is 0 Å². The zero-order valence-corrected chi connectivity index (χ0v) is 12.0. The maximum atomic E-state index is 12.2. The van der Waals surface area contributed by atoms with Crippen LogP contribution >= 0.6 is 0 Å². The van der Waals surface area contributed by atoms with Gasteiger partial charge in [0, 0.05) is 32.6 Å². The van der Waals surface area contributed by atoms with E-state index in [0.717, 1.165) is 6.42 Å². The SMILES string of the molecule is O=C(CC1CCN(C(=O)c2ccco2)C1)N1CCOCC1. The van der Waals surface area contributed by atoms with Gasteiger partial charge in [-0.25, -0.2) is 0 Å². The van der Waals surface area contributed by atoms with E-state index in [0.29, 0.717) is 51.6 Å². The van der Waals surface area contributed by atoms with Crippen molar-refractivity contribution >= 4 is 11.8 Å². The minimum Gasteiger partial charge on any atom is -0.459 e. The number of hydrogen-bond donors (Lipinski definition) is 0. The van der Waals surface area contributed by atoms with E-state index in [2.05, 4.69) is 0 Å². The zero-order valence-electron chi connectivity index (χ0n) is 12.0. The number of carbonyl (C=O) groups is 2. The Hall–Kier alpha value is -1.82. The molecule has 2 saturated heterocycles. The summed E-state index contributed by atoms with van der Waals surface area (Å²) in [5.41, 5.74) is 0. The molecule has 0 radical (unpaired) electrons. The van der Waals surface area contributed by atoms with Gasteiger partial charge in [-0.2, -0.15) is 0 Å². The van der Waals surface area contributed by atoms with Crippen molar-refractivity contribution in [2.24, 2.45) is 5.92 Å². The third-order valence-electron chi connectivity index (χ3n) is 4.13. The van der Waals surface area contributed by atoms with Gasteiger partial charge in [-0.3, -0.25) is 9.59 Å². The molecule has 6 nitrogen and oxygen atoms in total. The monoisotopic (exact) mass is 292 g/mol. The van der Waals surface area contributed by atoms with Gasteiger partial charge in [-0.15, -0.1) is 0 Å². The maximum Gasteiger partial charge on any atom is 0.289 e. The molecule has 0 N–H and O–H groups in total. The highest BCUT2D eigenvalue weighted by Crippen LogP contribution is 2.22. The fourth-order valence-electron chi connectivity index (χ4n) is 2.93. The Kier molecular flexibility index (Phi) is 4.24. The minimum absolute atomic E-state index is 0.0821. The van der Waals surface area contributed by atoms with Crippen LogP contribution in [0.3, 0.4) is 0 Å². The fraction of sp³-hybridized carbons (Fsp3) is 0.600. The van der Waals surface area contributed by atoms with Crippen LogP contribution in [0, 0.1) is 5.92 Å². The molecule has 2 aliphatic rings. The Morgan fingerprint density at radius 3 is 2.71 bits per heavy atom. The molecule has 2 aliphatic heterocycles. The van der Waals surface area contributed by atoms with Crippen LogP contribution < -0.4 is 0 Å². The van der Waals surface area contributed by atoms with Crippen LogP contribution in [0.2, 0.25) is 0 Å². The number of rotatable bonds is 3. The molecule has 1 unspecified atom stereocenters. The summed E-state index contributed by atoms with van der Waals surface area (Å²) in [6, 6.07) is 3.39.